The van der Waals surface area contributed by atoms with E-state index < -0.39 is 17.8 Å². The Kier molecular flexibility index (Phi) is 4.78. The minimum absolute atomic E-state index is 0.118. The Morgan fingerprint density at radius 1 is 1.20 bits per heavy atom. The Bertz CT molecular complexity index is 704. The Morgan fingerprint density at radius 3 is 2.56 bits per heavy atom. The molecule has 2 atom stereocenters. The number of hydrogen-bond donors (Lipinski definition) is 2. The van der Waals surface area contributed by atoms with E-state index in [0.717, 1.165) is 0 Å². The van der Waals surface area contributed by atoms with E-state index in [1.807, 2.05) is 0 Å². The summed E-state index contributed by atoms with van der Waals surface area (Å²) in [5.74, 6) is -1.54. The molecule has 8 nitrogen and oxygen atoms in total. The van der Waals surface area contributed by atoms with Crippen LogP contribution in [0, 0.1) is 11.8 Å². The van der Waals surface area contributed by atoms with Gasteiger partial charge in [-0.1, -0.05) is 0 Å². The molecule has 0 radical (unpaired) electrons. The highest BCUT2D eigenvalue weighted by atomic mass is 16.6. The van der Waals surface area contributed by atoms with Gasteiger partial charge in [0.15, 0.2) is 11.5 Å². The molecule has 1 heterocycles. The van der Waals surface area contributed by atoms with Crippen molar-refractivity contribution in [3.8, 4) is 11.5 Å². The lowest BCUT2D eigenvalue weighted by Gasteiger charge is -2.21. The third-order valence-corrected chi connectivity index (χ3v) is 4.28. The number of amides is 2. The maximum absolute atomic E-state index is 12.3. The molecular weight excluding hydrogens is 328 g/mol. The first kappa shape index (κ1) is 17.1. The summed E-state index contributed by atoms with van der Waals surface area (Å²) in [5, 5.41) is 11.6. The average Bonchev–Trinajstić information content (AvgIpc) is 3.40. The summed E-state index contributed by atoms with van der Waals surface area (Å²) in [6.45, 7) is 2.93. The van der Waals surface area contributed by atoms with Crippen LogP contribution >= 0.6 is 0 Å². The molecule has 0 aromatic heterocycles. The van der Waals surface area contributed by atoms with Gasteiger partial charge in [0.1, 0.15) is 13.2 Å². The molecule has 1 aromatic rings. The van der Waals surface area contributed by atoms with Crippen molar-refractivity contribution < 1.29 is 29.0 Å². The summed E-state index contributed by atoms with van der Waals surface area (Å²) in [4.78, 5) is 36.8. The lowest BCUT2D eigenvalue weighted by molar-refractivity contribution is -0.142. The van der Waals surface area contributed by atoms with Gasteiger partial charge in [-0.15, -0.1) is 0 Å². The quantitative estimate of drug-likeness (QED) is 0.793. The number of fused-ring (bicyclic) bond motifs is 1. The summed E-state index contributed by atoms with van der Waals surface area (Å²) >= 11 is 0. The van der Waals surface area contributed by atoms with E-state index in [1.165, 1.54) is 4.90 Å². The number of anilines is 1. The first-order valence-electron chi connectivity index (χ1n) is 8.20. The lowest BCUT2D eigenvalue weighted by atomic mass is 10.2. The van der Waals surface area contributed by atoms with E-state index in [2.05, 4.69) is 5.32 Å². The van der Waals surface area contributed by atoms with Crippen LogP contribution in [0.25, 0.3) is 0 Å². The van der Waals surface area contributed by atoms with E-state index in [-0.39, 0.29) is 18.4 Å². The number of ether oxygens (including phenoxy) is 2. The van der Waals surface area contributed by atoms with Crippen LogP contribution in [0.15, 0.2) is 18.2 Å². The molecular formula is C17H20N2O6. The number of rotatable bonds is 6. The van der Waals surface area contributed by atoms with Gasteiger partial charge in [0.2, 0.25) is 11.8 Å². The Hall–Kier alpha value is -2.77. The first-order valence-corrected chi connectivity index (χ1v) is 8.20. The minimum atomic E-state index is -0.963. The highest BCUT2D eigenvalue weighted by Gasteiger charge is 2.49. The zero-order chi connectivity index (χ0) is 18.0. The second-order valence-electron chi connectivity index (χ2n) is 6.05. The van der Waals surface area contributed by atoms with Crippen LogP contribution in [0.5, 0.6) is 11.5 Å². The molecule has 2 amide bonds. The van der Waals surface area contributed by atoms with Crippen LogP contribution in [0.2, 0.25) is 0 Å². The third kappa shape index (κ3) is 3.84. The number of carbonyl (C=O) groups is 3. The zero-order valence-corrected chi connectivity index (χ0v) is 13.9. The third-order valence-electron chi connectivity index (χ3n) is 4.28. The fourth-order valence-electron chi connectivity index (χ4n) is 2.82. The molecule has 2 unspecified atom stereocenters. The largest absolute Gasteiger partial charge is 0.486 e. The van der Waals surface area contributed by atoms with Gasteiger partial charge < -0.3 is 24.8 Å². The monoisotopic (exact) mass is 348 g/mol. The standard InChI is InChI=1S/C17H20N2O6/c1-2-19(16(21)11-8-12(11)17(22)23)9-15(20)18-10-3-4-13-14(7-10)25-6-5-24-13/h3-4,7,11-12H,2,5-6,8-9H2,1H3,(H,18,20)(H,22,23). The van der Waals surface area contributed by atoms with Crippen LogP contribution in [-0.2, 0) is 14.4 Å². The van der Waals surface area contributed by atoms with Crippen molar-refractivity contribution in [2.45, 2.75) is 13.3 Å². The number of nitrogens with zero attached hydrogens (tertiary/aromatic N) is 1. The van der Waals surface area contributed by atoms with Crippen LogP contribution in [-0.4, -0.2) is 54.1 Å². The van der Waals surface area contributed by atoms with Gasteiger partial charge in [0.25, 0.3) is 0 Å². The van der Waals surface area contributed by atoms with Crippen molar-refractivity contribution in [1.29, 1.82) is 0 Å². The van der Waals surface area contributed by atoms with E-state index >= 15 is 0 Å². The van der Waals surface area contributed by atoms with Crippen molar-refractivity contribution in [3.05, 3.63) is 18.2 Å². The van der Waals surface area contributed by atoms with Crippen molar-refractivity contribution in [3.63, 3.8) is 0 Å². The average molecular weight is 348 g/mol. The molecule has 3 rings (SSSR count). The molecule has 134 valence electrons. The molecule has 0 bridgehead atoms. The number of nitrogens with one attached hydrogen (secondary N) is 1. The first-order chi connectivity index (χ1) is 12.0. The summed E-state index contributed by atoms with van der Waals surface area (Å²) < 4.78 is 10.9. The Balaban J connectivity index is 1.57. The molecule has 2 aliphatic rings. The summed E-state index contributed by atoms with van der Waals surface area (Å²) in [6, 6.07) is 5.09. The molecule has 0 saturated heterocycles. The normalized spacial score (nSPS) is 20.5. The van der Waals surface area contributed by atoms with Gasteiger partial charge in [-0.05, 0) is 25.5 Å². The van der Waals surface area contributed by atoms with E-state index in [1.54, 1.807) is 25.1 Å². The highest BCUT2D eigenvalue weighted by Crippen LogP contribution is 2.40. The molecule has 1 aromatic carbocycles. The van der Waals surface area contributed by atoms with E-state index in [0.29, 0.717) is 43.4 Å². The van der Waals surface area contributed by atoms with Gasteiger partial charge in [0.05, 0.1) is 18.4 Å². The van der Waals surface area contributed by atoms with E-state index in [9.17, 15) is 14.4 Å². The smallest absolute Gasteiger partial charge is 0.307 e. The number of aliphatic carboxylic acids is 1. The molecule has 25 heavy (non-hydrogen) atoms. The Morgan fingerprint density at radius 2 is 1.92 bits per heavy atom. The van der Waals surface area contributed by atoms with Gasteiger partial charge in [-0.2, -0.15) is 0 Å². The second kappa shape index (κ2) is 7.00. The number of carbonyl (C=O) groups excluding carboxylic acids is 2. The van der Waals surface area contributed by atoms with Gasteiger partial charge in [0, 0.05) is 18.3 Å². The van der Waals surface area contributed by atoms with Crippen molar-refractivity contribution in [2.24, 2.45) is 11.8 Å². The summed E-state index contributed by atoms with van der Waals surface area (Å²) in [7, 11) is 0. The SMILES string of the molecule is CCN(CC(=O)Nc1ccc2c(c1)OCCO2)C(=O)C1CC1C(=O)O. The van der Waals surface area contributed by atoms with Crippen molar-refractivity contribution in [2.75, 3.05) is 31.6 Å². The number of likely N-dealkylation sites (N-methyl/N-ethyl adjacent to an activating group) is 1. The molecule has 0 spiro atoms. The number of carboxylic acid groups (broad SMARTS) is 1. The fraction of sp³-hybridized carbons (Fsp3) is 0.471. The maximum atomic E-state index is 12.3. The summed E-state index contributed by atoms with van der Waals surface area (Å²) in [6.07, 6.45) is 0.342. The molecule has 2 N–H and O–H groups in total. The number of benzene rings is 1. The second-order valence-corrected chi connectivity index (χ2v) is 6.05. The van der Waals surface area contributed by atoms with Crippen LogP contribution in [0.1, 0.15) is 13.3 Å². The molecule has 1 aliphatic carbocycles. The van der Waals surface area contributed by atoms with Crippen molar-refractivity contribution >= 4 is 23.5 Å². The number of carboxylic acids is 1. The topological polar surface area (TPSA) is 105 Å². The van der Waals surface area contributed by atoms with Crippen LogP contribution in [0.4, 0.5) is 5.69 Å². The van der Waals surface area contributed by atoms with Crippen LogP contribution < -0.4 is 14.8 Å². The number of hydrogen-bond acceptors (Lipinski definition) is 5. The highest BCUT2D eigenvalue weighted by molar-refractivity contribution is 5.96. The lowest BCUT2D eigenvalue weighted by Crippen LogP contribution is -2.39. The summed E-state index contributed by atoms with van der Waals surface area (Å²) in [5.41, 5.74) is 0.549. The maximum Gasteiger partial charge on any atom is 0.307 e. The predicted molar refractivity (Wildman–Crippen MR) is 87.5 cm³/mol. The fourth-order valence-corrected chi connectivity index (χ4v) is 2.82. The van der Waals surface area contributed by atoms with Crippen molar-refractivity contribution in [1.82, 2.24) is 4.90 Å². The molecule has 1 aliphatic heterocycles. The minimum Gasteiger partial charge on any atom is -0.486 e. The molecule has 1 saturated carbocycles. The zero-order valence-electron chi connectivity index (χ0n) is 13.9. The van der Waals surface area contributed by atoms with Gasteiger partial charge in [-0.3, -0.25) is 14.4 Å². The van der Waals surface area contributed by atoms with Crippen LogP contribution in [0.3, 0.4) is 0 Å². The van der Waals surface area contributed by atoms with E-state index in [4.69, 9.17) is 14.6 Å². The molecule has 8 heteroatoms. The van der Waals surface area contributed by atoms with Gasteiger partial charge in [-0.25, -0.2) is 0 Å². The Labute approximate surface area is 144 Å². The predicted octanol–water partition coefficient (Wildman–Crippen LogP) is 0.966. The van der Waals surface area contributed by atoms with Gasteiger partial charge >= 0.3 is 5.97 Å². The molecule has 1 fully saturated rings.